The summed E-state index contributed by atoms with van der Waals surface area (Å²) in [5, 5.41) is 0. The molecule has 2 heterocycles. The Morgan fingerprint density at radius 1 is 1.05 bits per heavy atom. The molecule has 2 rings (SSSR count). The Morgan fingerprint density at radius 2 is 1.70 bits per heavy atom. The molecule has 1 aromatic heterocycles. The number of piperazine rings is 1. The number of ether oxygens (including phenoxy) is 1. The molecule has 0 atom stereocenters. The van der Waals surface area contributed by atoms with Crippen LogP contribution in [0.5, 0.6) is 0 Å². The van der Waals surface area contributed by atoms with Crippen LogP contribution in [0.3, 0.4) is 0 Å². The highest BCUT2D eigenvalue weighted by atomic mass is 16.5. The van der Waals surface area contributed by atoms with E-state index < -0.39 is 0 Å². The maximum absolute atomic E-state index is 5.09. The highest BCUT2D eigenvalue weighted by molar-refractivity contribution is 5.38. The van der Waals surface area contributed by atoms with E-state index in [-0.39, 0.29) is 0 Å². The molecule has 1 saturated heterocycles. The van der Waals surface area contributed by atoms with Crippen molar-refractivity contribution >= 4 is 5.82 Å². The molecular formula is C16H31N3O. The van der Waals surface area contributed by atoms with Crippen LogP contribution in [0.4, 0.5) is 5.82 Å². The molecule has 1 aromatic rings. The highest BCUT2D eigenvalue weighted by Gasteiger charge is 2.16. The fourth-order valence-corrected chi connectivity index (χ4v) is 1.96. The minimum Gasteiger partial charge on any atom is -0.383 e. The van der Waals surface area contributed by atoms with Crippen molar-refractivity contribution in [2.45, 2.75) is 27.7 Å². The van der Waals surface area contributed by atoms with Crippen LogP contribution in [0.1, 0.15) is 27.7 Å². The lowest BCUT2D eigenvalue weighted by atomic mass is 10.3. The molecule has 0 saturated carbocycles. The highest BCUT2D eigenvalue weighted by Crippen LogP contribution is 2.11. The minimum atomic E-state index is 0.823. The Balaban J connectivity index is 0.000000829. The molecule has 4 nitrogen and oxygen atoms in total. The third-order valence-electron chi connectivity index (χ3n) is 2.96. The molecule has 4 heteroatoms. The van der Waals surface area contributed by atoms with E-state index in [2.05, 4.69) is 20.9 Å². The van der Waals surface area contributed by atoms with Crippen LogP contribution in [0.25, 0.3) is 0 Å². The standard InChI is InChI=1S/C12H19N3O.2C2H6/c1-16-11-10-14-6-8-15(9-7-14)12-4-2-3-5-13-12;2*1-2/h2-5H,6-11H2,1H3;2*1-2H3. The normalized spacial score (nSPS) is 14.8. The average Bonchev–Trinajstić information content (AvgIpc) is 2.58. The van der Waals surface area contributed by atoms with Crippen molar-refractivity contribution in [3.8, 4) is 0 Å². The number of rotatable bonds is 4. The van der Waals surface area contributed by atoms with Gasteiger partial charge in [0.1, 0.15) is 5.82 Å². The summed E-state index contributed by atoms with van der Waals surface area (Å²) in [4.78, 5) is 9.14. The van der Waals surface area contributed by atoms with Crippen LogP contribution in [0.15, 0.2) is 24.4 Å². The first-order chi connectivity index (χ1) is 9.90. The second-order valence-corrected chi connectivity index (χ2v) is 4.01. The van der Waals surface area contributed by atoms with E-state index in [4.69, 9.17) is 4.74 Å². The van der Waals surface area contributed by atoms with Gasteiger partial charge >= 0.3 is 0 Å². The van der Waals surface area contributed by atoms with Crippen LogP contribution in [-0.4, -0.2) is 56.3 Å². The van der Waals surface area contributed by atoms with E-state index in [1.54, 1.807) is 7.11 Å². The number of pyridine rings is 1. The summed E-state index contributed by atoms with van der Waals surface area (Å²) < 4.78 is 5.09. The molecule has 0 bridgehead atoms. The summed E-state index contributed by atoms with van der Waals surface area (Å²) in [5.74, 6) is 1.09. The fraction of sp³-hybridized carbons (Fsp3) is 0.688. The molecule has 1 fully saturated rings. The lowest BCUT2D eigenvalue weighted by Gasteiger charge is -2.35. The smallest absolute Gasteiger partial charge is 0.128 e. The summed E-state index contributed by atoms with van der Waals surface area (Å²) in [6, 6.07) is 6.07. The third-order valence-corrected chi connectivity index (χ3v) is 2.96. The van der Waals surface area contributed by atoms with Crippen LogP contribution < -0.4 is 4.90 Å². The number of hydrogen-bond donors (Lipinski definition) is 0. The summed E-state index contributed by atoms with van der Waals surface area (Å²) in [5.41, 5.74) is 0. The molecule has 0 N–H and O–H groups in total. The molecule has 20 heavy (non-hydrogen) atoms. The van der Waals surface area contributed by atoms with Gasteiger partial charge < -0.3 is 9.64 Å². The third kappa shape index (κ3) is 6.87. The zero-order valence-electron chi connectivity index (χ0n) is 13.8. The molecule has 0 aliphatic carbocycles. The van der Waals surface area contributed by atoms with E-state index in [0.717, 1.165) is 45.1 Å². The Bertz CT molecular complexity index is 298. The van der Waals surface area contributed by atoms with Crippen molar-refractivity contribution in [3.63, 3.8) is 0 Å². The van der Waals surface area contributed by atoms with E-state index >= 15 is 0 Å². The molecule has 0 radical (unpaired) electrons. The second-order valence-electron chi connectivity index (χ2n) is 4.01. The van der Waals surface area contributed by atoms with E-state index in [1.807, 2.05) is 46.0 Å². The van der Waals surface area contributed by atoms with Gasteiger partial charge in [-0.1, -0.05) is 33.8 Å². The molecule has 0 spiro atoms. The van der Waals surface area contributed by atoms with Gasteiger partial charge in [-0.15, -0.1) is 0 Å². The minimum absolute atomic E-state index is 0.823. The number of nitrogens with zero attached hydrogens (tertiary/aromatic N) is 3. The monoisotopic (exact) mass is 281 g/mol. The van der Waals surface area contributed by atoms with Gasteiger partial charge in [0.15, 0.2) is 0 Å². The van der Waals surface area contributed by atoms with E-state index in [9.17, 15) is 0 Å². The maximum Gasteiger partial charge on any atom is 0.128 e. The summed E-state index contributed by atoms with van der Waals surface area (Å²) in [6.07, 6.45) is 1.85. The SMILES string of the molecule is CC.CC.COCCN1CCN(c2ccccn2)CC1. The van der Waals surface area contributed by atoms with E-state index in [0.29, 0.717) is 0 Å². The van der Waals surface area contributed by atoms with Gasteiger partial charge in [0.25, 0.3) is 0 Å². The molecule has 0 unspecified atom stereocenters. The summed E-state index contributed by atoms with van der Waals surface area (Å²) in [6.45, 7) is 14.2. The molecule has 1 aliphatic rings. The Morgan fingerprint density at radius 3 is 2.20 bits per heavy atom. The first-order valence-corrected chi connectivity index (χ1v) is 7.77. The molecule has 116 valence electrons. The van der Waals surface area contributed by atoms with Crippen molar-refractivity contribution in [2.24, 2.45) is 0 Å². The molecule has 0 aromatic carbocycles. The van der Waals surface area contributed by atoms with Crippen molar-refractivity contribution in [2.75, 3.05) is 51.3 Å². The zero-order chi connectivity index (χ0) is 15.2. The van der Waals surface area contributed by atoms with Crippen molar-refractivity contribution in [1.82, 2.24) is 9.88 Å². The number of hydrogen-bond acceptors (Lipinski definition) is 4. The average molecular weight is 281 g/mol. The van der Waals surface area contributed by atoms with Crippen LogP contribution in [0.2, 0.25) is 0 Å². The van der Waals surface area contributed by atoms with Crippen molar-refractivity contribution in [3.05, 3.63) is 24.4 Å². The number of anilines is 1. The van der Waals surface area contributed by atoms with Crippen LogP contribution in [0, 0.1) is 0 Å². The lowest BCUT2D eigenvalue weighted by molar-refractivity contribution is 0.144. The molecular weight excluding hydrogens is 250 g/mol. The van der Waals surface area contributed by atoms with Gasteiger partial charge in [-0.3, -0.25) is 4.90 Å². The lowest BCUT2D eigenvalue weighted by Crippen LogP contribution is -2.47. The number of aromatic nitrogens is 1. The first kappa shape index (κ1) is 18.9. The summed E-state index contributed by atoms with van der Waals surface area (Å²) in [7, 11) is 1.75. The summed E-state index contributed by atoms with van der Waals surface area (Å²) >= 11 is 0. The Kier molecular flexibility index (Phi) is 12.2. The van der Waals surface area contributed by atoms with Gasteiger partial charge in [0, 0.05) is 46.0 Å². The van der Waals surface area contributed by atoms with Crippen LogP contribution >= 0.6 is 0 Å². The predicted molar refractivity (Wildman–Crippen MR) is 87.5 cm³/mol. The zero-order valence-corrected chi connectivity index (χ0v) is 13.8. The number of methoxy groups -OCH3 is 1. The second kappa shape index (κ2) is 12.9. The van der Waals surface area contributed by atoms with Gasteiger partial charge in [-0.05, 0) is 12.1 Å². The Labute approximate surface area is 124 Å². The van der Waals surface area contributed by atoms with Crippen molar-refractivity contribution in [1.29, 1.82) is 0 Å². The van der Waals surface area contributed by atoms with E-state index in [1.165, 1.54) is 0 Å². The van der Waals surface area contributed by atoms with Crippen LogP contribution in [-0.2, 0) is 4.74 Å². The fourth-order valence-electron chi connectivity index (χ4n) is 1.96. The first-order valence-electron chi connectivity index (χ1n) is 7.77. The maximum atomic E-state index is 5.09. The van der Waals surface area contributed by atoms with Crippen molar-refractivity contribution < 1.29 is 4.74 Å². The quantitative estimate of drug-likeness (QED) is 0.848. The van der Waals surface area contributed by atoms with Gasteiger partial charge in [0.05, 0.1) is 6.61 Å². The van der Waals surface area contributed by atoms with Gasteiger partial charge in [-0.25, -0.2) is 4.98 Å². The molecule has 1 aliphatic heterocycles. The Hall–Kier alpha value is -1.13. The van der Waals surface area contributed by atoms with Gasteiger partial charge in [-0.2, -0.15) is 0 Å². The predicted octanol–water partition coefficient (Wildman–Crippen LogP) is 2.90. The topological polar surface area (TPSA) is 28.6 Å². The largest absolute Gasteiger partial charge is 0.383 e. The van der Waals surface area contributed by atoms with Gasteiger partial charge in [0.2, 0.25) is 0 Å². The molecule has 0 amide bonds.